The van der Waals surface area contributed by atoms with Gasteiger partial charge in [-0.1, -0.05) is 0 Å². The van der Waals surface area contributed by atoms with Crippen LogP contribution < -0.4 is 5.32 Å². The predicted molar refractivity (Wildman–Crippen MR) is 76.1 cm³/mol. The van der Waals surface area contributed by atoms with Gasteiger partial charge in [0.05, 0.1) is 5.69 Å². The number of aromatic nitrogens is 2. The predicted octanol–water partition coefficient (Wildman–Crippen LogP) is 2.67. The van der Waals surface area contributed by atoms with Gasteiger partial charge in [0, 0.05) is 30.9 Å². The molecule has 1 aliphatic heterocycles. The molecule has 1 N–H and O–H groups in total. The summed E-state index contributed by atoms with van der Waals surface area (Å²) in [5, 5.41) is 3.63. The highest BCUT2D eigenvalue weighted by molar-refractivity contribution is 5.31. The molecule has 0 aliphatic carbocycles. The van der Waals surface area contributed by atoms with Crippen LogP contribution in [0.15, 0.2) is 6.20 Å². The molecule has 4 heteroatoms. The van der Waals surface area contributed by atoms with Crippen LogP contribution in [0.3, 0.4) is 0 Å². The molecule has 102 valence electrons. The molecule has 2 atom stereocenters. The van der Waals surface area contributed by atoms with E-state index in [0.29, 0.717) is 18.1 Å². The lowest BCUT2D eigenvalue weighted by Crippen LogP contribution is -2.43. The molecular formula is C14H26N4. The number of anilines is 1. The molecule has 0 saturated carbocycles. The van der Waals surface area contributed by atoms with Crippen molar-refractivity contribution < 1.29 is 0 Å². The summed E-state index contributed by atoms with van der Waals surface area (Å²) in [6.07, 6.45) is 4.52. The van der Waals surface area contributed by atoms with E-state index in [1.54, 1.807) is 0 Å². The van der Waals surface area contributed by atoms with Crippen LogP contribution in [0.5, 0.6) is 0 Å². The van der Waals surface area contributed by atoms with Crippen molar-refractivity contribution in [1.29, 1.82) is 0 Å². The summed E-state index contributed by atoms with van der Waals surface area (Å²) < 4.78 is 2.23. The Bertz CT molecular complexity index is 396. The summed E-state index contributed by atoms with van der Waals surface area (Å²) in [5.74, 6) is 1.03. The summed E-state index contributed by atoms with van der Waals surface area (Å²) in [6, 6.07) is 1.66. The van der Waals surface area contributed by atoms with Crippen LogP contribution >= 0.6 is 0 Å². The molecular weight excluding hydrogens is 224 g/mol. The van der Waals surface area contributed by atoms with Gasteiger partial charge in [-0.25, -0.2) is 4.98 Å². The number of nitrogens with zero attached hydrogens (tertiary/aromatic N) is 3. The Labute approximate surface area is 110 Å². The standard InChI is InChI=1S/C14H26N4/c1-10(2)18-9-11(3)15-14(18)16-13-6-7-17(5)12(4)8-13/h9-10,12-13H,6-8H2,1-5H3,(H,15,16). The zero-order valence-electron chi connectivity index (χ0n) is 12.3. The van der Waals surface area contributed by atoms with E-state index in [0.717, 1.165) is 11.6 Å². The molecule has 2 rings (SSSR count). The lowest BCUT2D eigenvalue weighted by atomic mass is 9.99. The molecule has 1 aromatic rings. The number of rotatable bonds is 3. The van der Waals surface area contributed by atoms with E-state index in [9.17, 15) is 0 Å². The minimum atomic E-state index is 0.456. The third kappa shape index (κ3) is 2.86. The van der Waals surface area contributed by atoms with Crippen LogP contribution in [0, 0.1) is 6.92 Å². The fourth-order valence-electron chi connectivity index (χ4n) is 2.62. The van der Waals surface area contributed by atoms with Crippen molar-refractivity contribution in [3.05, 3.63) is 11.9 Å². The summed E-state index contributed by atoms with van der Waals surface area (Å²) in [4.78, 5) is 7.04. The monoisotopic (exact) mass is 250 g/mol. The molecule has 0 radical (unpaired) electrons. The Morgan fingerprint density at radius 3 is 2.78 bits per heavy atom. The van der Waals surface area contributed by atoms with Gasteiger partial charge in [0.2, 0.25) is 5.95 Å². The number of piperidine rings is 1. The van der Waals surface area contributed by atoms with Gasteiger partial charge in [-0.2, -0.15) is 0 Å². The number of nitrogens with one attached hydrogen (secondary N) is 1. The number of hydrogen-bond donors (Lipinski definition) is 1. The molecule has 18 heavy (non-hydrogen) atoms. The van der Waals surface area contributed by atoms with Gasteiger partial charge in [-0.05, 0) is 47.6 Å². The zero-order valence-corrected chi connectivity index (χ0v) is 12.3. The lowest BCUT2D eigenvalue weighted by molar-refractivity contribution is 0.189. The maximum atomic E-state index is 4.61. The van der Waals surface area contributed by atoms with Gasteiger partial charge < -0.3 is 14.8 Å². The second-order valence-corrected chi connectivity index (χ2v) is 5.90. The Balaban J connectivity index is 2.05. The molecule has 4 nitrogen and oxygen atoms in total. The van der Waals surface area contributed by atoms with Gasteiger partial charge in [-0.15, -0.1) is 0 Å². The highest BCUT2D eigenvalue weighted by Gasteiger charge is 2.23. The molecule has 1 aliphatic rings. The number of aryl methyl sites for hydroxylation is 1. The van der Waals surface area contributed by atoms with E-state index in [1.165, 1.54) is 19.4 Å². The van der Waals surface area contributed by atoms with Crippen molar-refractivity contribution >= 4 is 5.95 Å². The summed E-state index contributed by atoms with van der Waals surface area (Å²) >= 11 is 0. The minimum Gasteiger partial charge on any atom is -0.353 e. The Morgan fingerprint density at radius 1 is 1.44 bits per heavy atom. The van der Waals surface area contributed by atoms with Crippen molar-refractivity contribution in [2.75, 3.05) is 18.9 Å². The van der Waals surface area contributed by atoms with Crippen molar-refractivity contribution in [3.63, 3.8) is 0 Å². The third-order valence-corrected chi connectivity index (χ3v) is 3.95. The Morgan fingerprint density at radius 2 is 2.17 bits per heavy atom. The van der Waals surface area contributed by atoms with Gasteiger partial charge in [-0.3, -0.25) is 0 Å². The molecule has 0 spiro atoms. The van der Waals surface area contributed by atoms with Crippen LogP contribution in [0.4, 0.5) is 5.95 Å². The van der Waals surface area contributed by atoms with Crippen molar-refractivity contribution in [2.45, 2.75) is 58.7 Å². The van der Waals surface area contributed by atoms with Crippen LogP contribution in [0.25, 0.3) is 0 Å². The third-order valence-electron chi connectivity index (χ3n) is 3.95. The van der Waals surface area contributed by atoms with Crippen molar-refractivity contribution in [1.82, 2.24) is 14.5 Å². The average Bonchev–Trinajstić information content (AvgIpc) is 2.65. The van der Waals surface area contributed by atoms with Crippen molar-refractivity contribution in [2.24, 2.45) is 0 Å². The van der Waals surface area contributed by atoms with Crippen LogP contribution in [-0.4, -0.2) is 40.1 Å². The normalized spacial score (nSPS) is 25.7. The molecule has 0 bridgehead atoms. The zero-order chi connectivity index (χ0) is 13.3. The smallest absolute Gasteiger partial charge is 0.203 e. The summed E-state index contributed by atoms with van der Waals surface area (Å²) in [6.45, 7) is 9.92. The molecule has 2 unspecified atom stereocenters. The maximum absolute atomic E-state index is 4.61. The Kier molecular flexibility index (Phi) is 3.95. The minimum absolute atomic E-state index is 0.456. The molecule has 1 fully saturated rings. The number of imidazole rings is 1. The first kappa shape index (κ1) is 13.4. The van der Waals surface area contributed by atoms with Gasteiger partial charge >= 0.3 is 0 Å². The second kappa shape index (κ2) is 5.31. The lowest BCUT2D eigenvalue weighted by Gasteiger charge is -2.35. The molecule has 2 heterocycles. The van der Waals surface area contributed by atoms with Crippen LogP contribution in [0.2, 0.25) is 0 Å². The second-order valence-electron chi connectivity index (χ2n) is 5.90. The molecule has 0 amide bonds. The fraction of sp³-hybridized carbons (Fsp3) is 0.786. The van der Waals surface area contributed by atoms with Crippen LogP contribution in [-0.2, 0) is 0 Å². The highest BCUT2D eigenvalue weighted by Crippen LogP contribution is 2.21. The molecule has 1 saturated heterocycles. The van der Waals surface area contributed by atoms with E-state index in [1.807, 2.05) is 0 Å². The molecule has 0 aromatic carbocycles. The van der Waals surface area contributed by atoms with E-state index in [2.05, 4.69) is 60.7 Å². The van der Waals surface area contributed by atoms with E-state index in [-0.39, 0.29) is 0 Å². The van der Waals surface area contributed by atoms with Gasteiger partial charge in [0.15, 0.2) is 0 Å². The molecule has 1 aromatic heterocycles. The van der Waals surface area contributed by atoms with Crippen LogP contribution in [0.1, 0.15) is 45.3 Å². The average molecular weight is 250 g/mol. The van der Waals surface area contributed by atoms with Crippen molar-refractivity contribution in [3.8, 4) is 0 Å². The summed E-state index contributed by atoms with van der Waals surface area (Å²) in [5.41, 5.74) is 1.09. The SMILES string of the molecule is Cc1cn(C(C)C)c(NC2CCN(C)C(C)C2)n1. The van der Waals surface area contributed by atoms with E-state index < -0.39 is 0 Å². The maximum Gasteiger partial charge on any atom is 0.203 e. The van der Waals surface area contributed by atoms with E-state index in [4.69, 9.17) is 0 Å². The highest BCUT2D eigenvalue weighted by atomic mass is 15.2. The quantitative estimate of drug-likeness (QED) is 0.895. The first-order valence-corrected chi connectivity index (χ1v) is 6.99. The first-order chi connectivity index (χ1) is 8.47. The topological polar surface area (TPSA) is 33.1 Å². The van der Waals surface area contributed by atoms with Gasteiger partial charge in [0.1, 0.15) is 0 Å². The first-order valence-electron chi connectivity index (χ1n) is 6.99. The Hall–Kier alpha value is -1.03. The fourth-order valence-corrected chi connectivity index (χ4v) is 2.62. The van der Waals surface area contributed by atoms with E-state index >= 15 is 0 Å². The summed E-state index contributed by atoms with van der Waals surface area (Å²) in [7, 11) is 2.21. The largest absolute Gasteiger partial charge is 0.353 e. The number of likely N-dealkylation sites (tertiary alicyclic amines) is 1. The van der Waals surface area contributed by atoms with Gasteiger partial charge in [0.25, 0.3) is 0 Å². The number of hydrogen-bond acceptors (Lipinski definition) is 3.